The summed E-state index contributed by atoms with van der Waals surface area (Å²) in [7, 11) is 1.21. The number of hydrogen-bond acceptors (Lipinski definition) is 5. The maximum Gasteiger partial charge on any atom is 0.464 e. The van der Waals surface area contributed by atoms with Gasteiger partial charge in [0.2, 0.25) is 0 Å². The van der Waals surface area contributed by atoms with Crippen LogP contribution < -0.4 is 4.74 Å². The molecule has 0 atom stereocenters. The van der Waals surface area contributed by atoms with Crippen LogP contribution in [0, 0.1) is 12.7 Å². The van der Waals surface area contributed by atoms with Crippen molar-refractivity contribution in [3.63, 3.8) is 0 Å². The molecule has 13 heteroatoms. The number of aromatic nitrogens is 1. The number of hydrogen-bond donors (Lipinski definition) is 1. The van der Waals surface area contributed by atoms with Gasteiger partial charge < -0.3 is 9.84 Å². The Morgan fingerprint density at radius 2 is 1.84 bits per heavy atom. The number of methoxy groups -OCH3 is 1. The number of benzene rings is 1. The zero-order valence-electron chi connectivity index (χ0n) is 16.2. The Kier molecular flexibility index (Phi) is 6.26. The molecule has 3 rings (SSSR count). The monoisotopic (exact) mass is 497 g/mol. The van der Waals surface area contributed by atoms with Gasteiger partial charge in [-0.05, 0) is 42.4 Å². The molecule has 0 saturated carbocycles. The number of aliphatic carboxylic acids is 1. The summed E-state index contributed by atoms with van der Waals surface area (Å²) in [6, 6.07) is 4.22. The van der Waals surface area contributed by atoms with Crippen LogP contribution >= 0.6 is 23.1 Å². The van der Waals surface area contributed by atoms with Crippen molar-refractivity contribution in [2.24, 2.45) is 0 Å². The highest BCUT2D eigenvalue weighted by molar-refractivity contribution is 8.02. The van der Waals surface area contributed by atoms with Crippen molar-refractivity contribution >= 4 is 45.9 Å². The second-order valence-electron chi connectivity index (χ2n) is 6.51. The number of carbonyl (C=O) groups is 2. The number of fused-ring (bicyclic) bond motifs is 1. The van der Waals surface area contributed by atoms with Gasteiger partial charge in [-0.1, -0.05) is 0 Å². The van der Waals surface area contributed by atoms with E-state index in [1.54, 1.807) is 0 Å². The summed E-state index contributed by atoms with van der Waals surface area (Å²) in [6.07, 6.45) is -6.28. The summed E-state index contributed by atoms with van der Waals surface area (Å²) in [5, 5.41) is 4.39. The normalized spacial score (nSPS) is 12.4. The number of carboxylic acid groups (broad SMARTS) is 1. The summed E-state index contributed by atoms with van der Waals surface area (Å²) < 4.78 is 83.7. The van der Waals surface area contributed by atoms with Crippen molar-refractivity contribution < 1.29 is 45.8 Å². The maximum atomic E-state index is 14.3. The molecule has 1 aromatic carbocycles. The number of thiophene rings is 1. The summed E-state index contributed by atoms with van der Waals surface area (Å²) in [6.45, 7) is 1.42. The second-order valence-corrected chi connectivity index (χ2v) is 9.01. The maximum absolute atomic E-state index is 14.3. The fourth-order valence-corrected chi connectivity index (χ4v) is 4.98. The topological polar surface area (TPSA) is 68.5 Å². The van der Waals surface area contributed by atoms with Gasteiger partial charge in [-0.3, -0.25) is 14.2 Å². The number of alkyl halides is 5. The Bertz CT molecular complexity index is 1210. The smallest absolute Gasteiger partial charge is 0.464 e. The lowest BCUT2D eigenvalue weighted by Gasteiger charge is -2.17. The third-order valence-electron chi connectivity index (χ3n) is 4.49. The minimum Gasteiger partial charge on any atom is -0.494 e. The molecule has 32 heavy (non-hydrogen) atoms. The summed E-state index contributed by atoms with van der Waals surface area (Å²) in [5.74, 6) is -3.06. The van der Waals surface area contributed by atoms with E-state index in [-0.39, 0.29) is 32.8 Å². The zero-order valence-corrected chi connectivity index (χ0v) is 17.9. The van der Waals surface area contributed by atoms with Crippen LogP contribution in [0.5, 0.6) is 5.75 Å². The van der Waals surface area contributed by atoms with Crippen molar-refractivity contribution in [1.29, 1.82) is 0 Å². The third kappa shape index (κ3) is 4.31. The number of rotatable bonds is 6. The van der Waals surface area contributed by atoms with Crippen molar-refractivity contribution in [2.75, 3.05) is 7.11 Å². The van der Waals surface area contributed by atoms with E-state index in [0.717, 1.165) is 22.8 Å². The van der Waals surface area contributed by atoms with Gasteiger partial charge in [-0.25, -0.2) is 4.39 Å². The van der Waals surface area contributed by atoms with Gasteiger partial charge in [0.25, 0.3) is 5.91 Å². The molecule has 0 radical (unpaired) electrons. The molecular formula is C19H13F6NO4S2. The number of nitrogens with zero attached hydrogens (tertiary/aromatic N) is 1. The number of carboxylic acids is 1. The Morgan fingerprint density at radius 1 is 1.19 bits per heavy atom. The second kappa shape index (κ2) is 8.35. The molecule has 1 N–H and O–H groups in total. The van der Waals surface area contributed by atoms with E-state index >= 15 is 0 Å². The Labute approximate surface area is 184 Å². The molecule has 0 aliphatic carbocycles. The Morgan fingerprint density at radius 3 is 2.41 bits per heavy atom. The fourth-order valence-electron chi connectivity index (χ4n) is 3.06. The fraction of sp³-hybridized carbons (Fsp3) is 0.263. The average molecular weight is 497 g/mol. The van der Waals surface area contributed by atoms with Crippen LogP contribution in [0.15, 0.2) is 28.5 Å². The molecule has 0 amide bonds. The summed E-state index contributed by atoms with van der Waals surface area (Å²) in [5.41, 5.74) is 0.363. The molecule has 0 aliphatic rings. The van der Waals surface area contributed by atoms with Crippen LogP contribution in [-0.4, -0.2) is 40.1 Å². The van der Waals surface area contributed by atoms with Crippen molar-refractivity contribution in [2.45, 2.75) is 29.0 Å². The van der Waals surface area contributed by atoms with E-state index in [1.807, 2.05) is 0 Å². The Balaban J connectivity index is 2.09. The first kappa shape index (κ1) is 24.0. The van der Waals surface area contributed by atoms with Crippen LogP contribution in [0.25, 0.3) is 10.9 Å². The van der Waals surface area contributed by atoms with Gasteiger partial charge >= 0.3 is 17.4 Å². The highest BCUT2D eigenvalue weighted by Gasteiger charge is 2.58. The SMILES string of the molecule is COc1cc2c(CC(=O)O)c(C)n(C(=O)c3ccc(SC(F)(F)C(F)(F)F)s3)c2cc1F. The first-order chi connectivity index (χ1) is 14.8. The predicted octanol–water partition coefficient (Wildman–Crippen LogP) is 5.72. The molecule has 3 aromatic rings. The highest BCUT2D eigenvalue weighted by Crippen LogP contribution is 2.49. The van der Waals surface area contributed by atoms with E-state index in [0.29, 0.717) is 11.3 Å². The molecule has 2 aromatic heterocycles. The summed E-state index contributed by atoms with van der Waals surface area (Å²) in [4.78, 5) is 24.2. The molecule has 0 spiro atoms. The first-order valence-electron chi connectivity index (χ1n) is 8.64. The molecule has 0 fully saturated rings. The van der Waals surface area contributed by atoms with E-state index in [9.17, 15) is 41.0 Å². The lowest BCUT2D eigenvalue weighted by molar-refractivity contribution is -0.237. The van der Waals surface area contributed by atoms with Crippen LogP contribution in [-0.2, 0) is 11.2 Å². The zero-order chi connectivity index (χ0) is 24.0. The van der Waals surface area contributed by atoms with Crippen LogP contribution in [0.2, 0.25) is 0 Å². The van der Waals surface area contributed by atoms with Gasteiger partial charge in [-0.15, -0.1) is 11.3 Å². The molecule has 172 valence electrons. The molecule has 0 bridgehead atoms. The van der Waals surface area contributed by atoms with Gasteiger partial charge in [-0.2, -0.15) is 22.0 Å². The lowest BCUT2D eigenvalue weighted by Crippen LogP contribution is -2.32. The number of ether oxygens (including phenoxy) is 1. The minimum absolute atomic E-state index is 0.00488. The number of carbonyl (C=O) groups excluding carboxylic acids is 1. The number of thioether (sulfide) groups is 1. The van der Waals surface area contributed by atoms with Gasteiger partial charge in [0.1, 0.15) is 0 Å². The van der Waals surface area contributed by atoms with Crippen LogP contribution in [0.3, 0.4) is 0 Å². The molecule has 0 unspecified atom stereocenters. The summed E-state index contributed by atoms with van der Waals surface area (Å²) >= 11 is -0.332. The average Bonchev–Trinajstić information content (AvgIpc) is 3.22. The van der Waals surface area contributed by atoms with E-state index in [1.165, 1.54) is 20.1 Å². The van der Waals surface area contributed by atoms with Crippen LogP contribution in [0.4, 0.5) is 26.3 Å². The quantitative estimate of drug-likeness (QED) is 0.349. The van der Waals surface area contributed by atoms with E-state index in [4.69, 9.17) is 4.74 Å². The van der Waals surface area contributed by atoms with Gasteiger partial charge in [0.15, 0.2) is 11.6 Å². The standard InChI is InChI=1S/C19H13F6NO4S2/c1-8-9(6-15(27)28)10-5-13(30-2)11(20)7-12(10)26(8)17(29)14-3-4-16(31-14)32-19(24,25)18(21,22)23/h3-5,7H,6H2,1-2H3,(H,27,28). The van der Waals surface area contributed by atoms with Gasteiger partial charge in [0, 0.05) is 17.1 Å². The Hall–Kier alpha value is -2.67. The first-order valence-corrected chi connectivity index (χ1v) is 10.3. The van der Waals surface area contributed by atoms with Crippen molar-refractivity contribution in [3.05, 3.63) is 46.2 Å². The van der Waals surface area contributed by atoms with E-state index < -0.39 is 51.5 Å². The molecular weight excluding hydrogens is 484 g/mol. The van der Waals surface area contributed by atoms with Crippen LogP contribution in [0.1, 0.15) is 20.9 Å². The minimum atomic E-state index is -5.78. The molecule has 0 aliphatic heterocycles. The van der Waals surface area contributed by atoms with E-state index in [2.05, 4.69) is 0 Å². The number of halogens is 6. The molecule has 2 heterocycles. The van der Waals surface area contributed by atoms with Gasteiger partial charge in [0.05, 0.1) is 28.1 Å². The van der Waals surface area contributed by atoms with Crippen molar-refractivity contribution in [1.82, 2.24) is 4.57 Å². The third-order valence-corrected chi connectivity index (χ3v) is 6.68. The highest BCUT2D eigenvalue weighted by atomic mass is 32.2. The largest absolute Gasteiger partial charge is 0.494 e. The molecule has 5 nitrogen and oxygen atoms in total. The van der Waals surface area contributed by atoms with Crippen molar-refractivity contribution in [3.8, 4) is 5.75 Å². The lowest BCUT2D eigenvalue weighted by atomic mass is 10.1. The molecule has 0 saturated heterocycles. The predicted molar refractivity (Wildman–Crippen MR) is 105 cm³/mol.